The van der Waals surface area contributed by atoms with Gasteiger partial charge in [-0.3, -0.25) is 4.68 Å². The predicted molar refractivity (Wildman–Crippen MR) is 79.6 cm³/mol. The Hall–Kier alpha value is -1.43. The second-order valence-corrected chi connectivity index (χ2v) is 5.45. The van der Waals surface area contributed by atoms with Crippen molar-refractivity contribution in [1.82, 2.24) is 19.7 Å². The molecule has 0 unspecified atom stereocenters. The normalized spacial score (nSPS) is 11.0. The molecule has 0 atom stereocenters. The van der Waals surface area contributed by atoms with E-state index in [-0.39, 0.29) is 0 Å². The minimum atomic E-state index is 0.350. The molecule has 2 aromatic rings. The van der Waals surface area contributed by atoms with Crippen LogP contribution in [0.3, 0.4) is 0 Å². The van der Waals surface area contributed by atoms with E-state index >= 15 is 0 Å². The largest absolute Gasteiger partial charge is 0.323 e. The molecule has 2 heterocycles. The third-order valence-corrected chi connectivity index (χ3v) is 3.01. The molecule has 0 aliphatic rings. The molecule has 5 nitrogen and oxygen atoms in total. The van der Waals surface area contributed by atoms with Crippen molar-refractivity contribution in [2.75, 3.05) is 5.32 Å². The van der Waals surface area contributed by atoms with E-state index < -0.39 is 0 Å². The minimum Gasteiger partial charge on any atom is -0.323 e. The number of nitrogens with zero attached hydrogens (tertiary/aromatic N) is 4. The zero-order valence-corrected chi connectivity index (χ0v) is 13.0. The van der Waals surface area contributed by atoms with Gasteiger partial charge >= 0.3 is 0 Å². The molecule has 19 heavy (non-hydrogen) atoms. The molecule has 0 amide bonds. The van der Waals surface area contributed by atoms with E-state index in [1.165, 1.54) is 0 Å². The summed E-state index contributed by atoms with van der Waals surface area (Å²) in [5.74, 6) is 2.39. The highest BCUT2D eigenvalue weighted by Gasteiger charge is 2.06. The summed E-state index contributed by atoms with van der Waals surface area (Å²) in [4.78, 5) is 8.81. The Morgan fingerprint density at radius 2 is 2.11 bits per heavy atom. The van der Waals surface area contributed by atoms with Crippen LogP contribution in [0.15, 0.2) is 22.9 Å². The van der Waals surface area contributed by atoms with Gasteiger partial charge in [0.2, 0.25) is 0 Å². The van der Waals surface area contributed by atoms with Gasteiger partial charge in [-0.05, 0) is 36.2 Å². The van der Waals surface area contributed by atoms with Crippen LogP contribution in [-0.4, -0.2) is 19.7 Å². The lowest BCUT2D eigenvalue weighted by Gasteiger charge is -2.06. The number of hydrogen-bond acceptors (Lipinski definition) is 4. The van der Waals surface area contributed by atoms with Crippen LogP contribution in [0.4, 0.5) is 11.6 Å². The van der Waals surface area contributed by atoms with Gasteiger partial charge in [-0.2, -0.15) is 5.10 Å². The van der Waals surface area contributed by atoms with Crippen LogP contribution >= 0.6 is 15.9 Å². The number of anilines is 2. The molecule has 1 N–H and O–H groups in total. The lowest BCUT2D eigenvalue weighted by atomic mass is 10.3. The lowest BCUT2D eigenvalue weighted by molar-refractivity contribution is 0.534. The van der Waals surface area contributed by atoms with Gasteiger partial charge < -0.3 is 5.32 Å². The van der Waals surface area contributed by atoms with Gasteiger partial charge in [-0.25, -0.2) is 9.97 Å². The molecule has 0 aliphatic heterocycles. The number of halogens is 1. The average Bonchev–Trinajstić information content (AvgIpc) is 2.77. The summed E-state index contributed by atoms with van der Waals surface area (Å²) in [7, 11) is 0. The van der Waals surface area contributed by atoms with Crippen molar-refractivity contribution >= 4 is 27.6 Å². The molecule has 2 aromatic heterocycles. The van der Waals surface area contributed by atoms with Crippen LogP contribution in [0.2, 0.25) is 0 Å². The average molecular weight is 324 g/mol. The van der Waals surface area contributed by atoms with Crippen LogP contribution in [0.5, 0.6) is 0 Å². The van der Waals surface area contributed by atoms with Gasteiger partial charge in [0.25, 0.3) is 0 Å². The molecule has 0 spiro atoms. The summed E-state index contributed by atoms with van der Waals surface area (Å²) >= 11 is 3.41. The molecule has 0 saturated heterocycles. The topological polar surface area (TPSA) is 55.6 Å². The van der Waals surface area contributed by atoms with Crippen LogP contribution in [0.25, 0.3) is 0 Å². The fourth-order valence-electron chi connectivity index (χ4n) is 1.69. The third-order valence-electron chi connectivity index (χ3n) is 2.61. The summed E-state index contributed by atoms with van der Waals surface area (Å²) in [6.45, 7) is 6.30. The predicted octanol–water partition coefficient (Wildman–Crippen LogP) is 3.71. The molecule has 6 heteroatoms. The maximum atomic E-state index is 4.47. The molecule has 0 fully saturated rings. The Morgan fingerprint density at radius 3 is 2.74 bits per heavy atom. The highest BCUT2D eigenvalue weighted by molar-refractivity contribution is 9.10. The third kappa shape index (κ3) is 3.76. The van der Waals surface area contributed by atoms with Gasteiger partial charge in [-0.15, -0.1) is 0 Å². The zero-order chi connectivity index (χ0) is 13.8. The molecule has 0 aromatic carbocycles. The monoisotopic (exact) mass is 323 g/mol. The number of aromatic nitrogens is 4. The highest BCUT2D eigenvalue weighted by atomic mass is 79.9. The van der Waals surface area contributed by atoms with E-state index in [2.05, 4.69) is 57.1 Å². The van der Waals surface area contributed by atoms with E-state index in [1.807, 2.05) is 23.0 Å². The van der Waals surface area contributed by atoms with Gasteiger partial charge in [0.15, 0.2) is 5.82 Å². The van der Waals surface area contributed by atoms with Crippen molar-refractivity contribution in [1.29, 1.82) is 0 Å². The van der Waals surface area contributed by atoms with Crippen LogP contribution in [0.1, 0.15) is 39.1 Å². The summed E-state index contributed by atoms with van der Waals surface area (Å²) in [5.41, 5.74) is 0. The van der Waals surface area contributed by atoms with Gasteiger partial charge in [-0.1, -0.05) is 6.92 Å². The standard InChI is InChI=1S/C13H18BrN5/c1-4-5-11-15-10(14)8-13(16-11)17-12-6-7-19(18-12)9(2)3/h6-9H,4-5H2,1-3H3,(H,15,16,17,18). The second kappa shape index (κ2) is 6.14. The zero-order valence-electron chi connectivity index (χ0n) is 11.4. The molecule has 2 rings (SSSR count). The van der Waals surface area contributed by atoms with Crippen molar-refractivity contribution in [3.05, 3.63) is 28.8 Å². The van der Waals surface area contributed by atoms with Crippen molar-refractivity contribution in [2.24, 2.45) is 0 Å². The quantitative estimate of drug-likeness (QED) is 0.852. The molecule has 102 valence electrons. The first kappa shape index (κ1) is 14.0. The van der Waals surface area contributed by atoms with E-state index in [0.29, 0.717) is 6.04 Å². The van der Waals surface area contributed by atoms with Crippen LogP contribution in [-0.2, 0) is 6.42 Å². The maximum Gasteiger partial charge on any atom is 0.153 e. The number of nitrogens with one attached hydrogen (secondary N) is 1. The van der Waals surface area contributed by atoms with Gasteiger partial charge in [0.05, 0.1) is 0 Å². The Labute approximate surface area is 121 Å². The number of aryl methyl sites for hydroxylation is 1. The fraction of sp³-hybridized carbons (Fsp3) is 0.462. The molecule has 0 saturated carbocycles. The summed E-state index contributed by atoms with van der Waals surface area (Å²) in [6.07, 6.45) is 3.85. The first-order valence-corrected chi connectivity index (χ1v) is 7.23. The van der Waals surface area contributed by atoms with E-state index in [9.17, 15) is 0 Å². The summed E-state index contributed by atoms with van der Waals surface area (Å²) in [5, 5.41) is 7.65. The van der Waals surface area contributed by atoms with Crippen molar-refractivity contribution in [3.63, 3.8) is 0 Å². The van der Waals surface area contributed by atoms with E-state index in [4.69, 9.17) is 0 Å². The highest BCUT2D eigenvalue weighted by Crippen LogP contribution is 2.18. The van der Waals surface area contributed by atoms with Crippen molar-refractivity contribution < 1.29 is 0 Å². The molecule has 0 radical (unpaired) electrons. The van der Waals surface area contributed by atoms with E-state index in [1.54, 1.807) is 0 Å². The Morgan fingerprint density at radius 1 is 1.32 bits per heavy atom. The molecular weight excluding hydrogens is 306 g/mol. The first-order chi connectivity index (χ1) is 9.08. The fourth-order valence-corrected chi connectivity index (χ4v) is 2.11. The first-order valence-electron chi connectivity index (χ1n) is 6.44. The molecular formula is C13H18BrN5. The number of rotatable bonds is 5. The Kier molecular flexibility index (Phi) is 4.52. The van der Waals surface area contributed by atoms with Crippen molar-refractivity contribution in [3.8, 4) is 0 Å². The maximum absolute atomic E-state index is 4.47. The summed E-state index contributed by atoms with van der Waals surface area (Å²) < 4.78 is 2.70. The van der Waals surface area contributed by atoms with E-state index in [0.717, 1.165) is 34.9 Å². The Balaban J connectivity index is 2.17. The summed E-state index contributed by atoms with van der Waals surface area (Å²) in [6, 6.07) is 4.15. The SMILES string of the molecule is CCCc1nc(Br)cc(Nc2ccn(C(C)C)n2)n1. The van der Waals surface area contributed by atoms with Gasteiger partial charge in [0.1, 0.15) is 16.2 Å². The minimum absolute atomic E-state index is 0.350. The van der Waals surface area contributed by atoms with Crippen molar-refractivity contribution in [2.45, 2.75) is 39.7 Å². The van der Waals surface area contributed by atoms with Crippen LogP contribution in [0, 0.1) is 0 Å². The Bertz CT molecular complexity index is 550. The van der Waals surface area contributed by atoms with Gasteiger partial charge in [0, 0.05) is 30.8 Å². The lowest BCUT2D eigenvalue weighted by Crippen LogP contribution is -2.03. The molecule has 0 aliphatic carbocycles. The van der Waals surface area contributed by atoms with Crippen LogP contribution < -0.4 is 5.32 Å². The second-order valence-electron chi connectivity index (χ2n) is 4.64. The number of hydrogen-bond donors (Lipinski definition) is 1. The molecule has 0 bridgehead atoms. The smallest absolute Gasteiger partial charge is 0.153 e.